The molecule has 4 rings (SSSR count). The number of rotatable bonds is 5. The van der Waals surface area contributed by atoms with Crippen LogP contribution in [0.2, 0.25) is 5.02 Å². The van der Waals surface area contributed by atoms with E-state index < -0.39 is 5.97 Å². The van der Waals surface area contributed by atoms with Crippen molar-refractivity contribution in [2.24, 2.45) is 0 Å². The van der Waals surface area contributed by atoms with Crippen molar-refractivity contribution in [1.29, 1.82) is 0 Å². The first-order valence-electron chi connectivity index (χ1n) is 9.10. The molecular weight excluding hydrogens is 418 g/mol. The summed E-state index contributed by atoms with van der Waals surface area (Å²) in [6.07, 6.45) is 0. The monoisotopic (exact) mass is 433 g/mol. The van der Waals surface area contributed by atoms with Crippen LogP contribution in [-0.2, 0) is 0 Å². The number of carbonyl (C=O) groups excluding carboxylic acids is 1. The first kappa shape index (κ1) is 19.9. The van der Waals surface area contributed by atoms with Crippen LogP contribution in [0.4, 0.5) is 5.00 Å². The molecule has 0 spiro atoms. The molecule has 0 saturated heterocycles. The van der Waals surface area contributed by atoms with E-state index >= 15 is 0 Å². The van der Waals surface area contributed by atoms with Crippen LogP contribution in [0.5, 0.6) is 0 Å². The molecule has 4 aromatic rings. The Bertz CT molecular complexity index is 1200. The van der Waals surface area contributed by atoms with Crippen LogP contribution in [0, 0.1) is 0 Å². The third-order valence-corrected chi connectivity index (χ3v) is 5.79. The van der Waals surface area contributed by atoms with E-state index in [0.717, 1.165) is 16.7 Å². The van der Waals surface area contributed by atoms with Gasteiger partial charge in [-0.2, -0.15) is 0 Å². The molecule has 148 valence electrons. The van der Waals surface area contributed by atoms with Gasteiger partial charge in [0, 0.05) is 21.5 Å². The maximum Gasteiger partial charge on any atom is 0.339 e. The summed E-state index contributed by atoms with van der Waals surface area (Å²) >= 11 is 7.10. The van der Waals surface area contributed by atoms with E-state index in [4.69, 9.17) is 11.6 Å². The molecule has 3 aromatic carbocycles. The molecule has 2 N–H and O–H groups in total. The van der Waals surface area contributed by atoms with Crippen molar-refractivity contribution < 1.29 is 14.7 Å². The fraction of sp³-hybridized carbons (Fsp3) is 0. The third kappa shape index (κ3) is 4.13. The van der Waals surface area contributed by atoms with Crippen LogP contribution in [0.1, 0.15) is 20.7 Å². The first-order chi connectivity index (χ1) is 14.5. The van der Waals surface area contributed by atoms with Crippen molar-refractivity contribution >= 4 is 39.8 Å². The van der Waals surface area contributed by atoms with Gasteiger partial charge in [-0.3, -0.25) is 4.79 Å². The molecular formula is C24H16ClNO3S. The number of nitrogens with one attached hydrogen (secondary N) is 1. The normalized spacial score (nSPS) is 10.6. The zero-order valence-corrected chi connectivity index (χ0v) is 17.2. The average Bonchev–Trinajstić information content (AvgIpc) is 3.19. The maximum atomic E-state index is 12.7. The summed E-state index contributed by atoms with van der Waals surface area (Å²) in [6.45, 7) is 0. The van der Waals surface area contributed by atoms with Crippen LogP contribution < -0.4 is 5.32 Å². The minimum atomic E-state index is -1.10. The van der Waals surface area contributed by atoms with Crippen molar-refractivity contribution in [3.63, 3.8) is 0 Å². The Morgan fingerprint density at radius 1 is 0.800 bits per heavy atom. The molecule has 4 nitrogen and oxygen atoms in total. The predicted molar refractivity (Wildman–Crippen MR) is 122 cm³/mol. The smallest absolute Gasteiger partial charge is 0.339 e. The largest absolute Gasteiger partial charge is 0.478 e. The van der Waals surface area contributed by atoms with E-state index in [1.54, 1.807) is 41.8 Å². The SMILES string of the molecule is O=C(Nc1scc(-c2ccc(Cl)cc2)c1C(=O)O)c1ccc(-c2ccccc2)cc1. The van der Waals surface area contributed by atoms with E-state index in [-0.39, 0.29) is 11.5 Å². The maximum absolute atomic E-state index is 12.7. The lowest BCUT2D eigenvalue weighted by Gasteiger charge is -2.07. The topological polar surface area (TPSA) is 66.4 Å². The highest BCUT2D eigenvalue weighted by molar-refractivity contribution is 7.15. The summed E-state index contributed by atoms with van der Waals surface area (Å²) < 4.78 is 0. The lowest BCUT2D eigenvalue weighted by molar-refractivity contribution is 0.0699. The van der Waals surface area contributed by atoms with Crippen LogP contribution in [0.15, 0.2) is 84.2 Å². The van der Waals surface area contributed by atoms with Crippen molar-refractivity contribution in [3.05, 3.63) is 100 Å². The van der Waals surface area contributed by atoms with Crippen molar-refractivity contribution in [2.75, 3.05) is 5.32 Å². The molecule has 0 fully saturated rings. The fourth-order valence-corrected chi connectivity index (χ4v) is 4.21. The number of hydrogen-bond donors (Lipinski definition) is 2. The van der Waals surface area contributed by atoms with Crippen LogP contribution in [0.3, 0.4) is 0 Å². The van der Waals surface area contributed by atoms with E-state index in [1.165, 1.54) is 11.3 Å². The van der Waals surface area contributed by atoms with Gasteiger partial charge in [-0.25, -0.2) is 4.79 Å². The molecule has 30 heavy (non-hydrogen) atoms. The minimum absolute atomic E-state index is 0.0663. The zero-order chi connectivity index (χ0) is 21.1. The summed E-state index contributed by atoms with van der Waals surface area (Å²) in [5.41, 5.74) is 3.84. The van der Waals surface area contributed by atoms with Gasteiger partial charge in [-0.05, 0) is 41.0 Å². The summed E-state index contributed by atoms with van der Waals surface area (Å²) in [4.78, 5) is 24.6. The standard InChI is InChI=1S/C24H16ClNO3S/c25-19-12-10-17(11-13-19)20-14-30-23(21(20)24(28)29)26-22(27)18-8-6-16(7-9-18)15-4-2-1-3-5-15/h1-14H,(H,26,27)(H,28,29). The Kier molecular flexibility index (Phi) is 5.65. The number of anilines is 1. The molecule has 1 amide bonds. The number of thiophene rings is 1. The minimum Gasteiger partial charge on any atom is -0.478 e. The number of halogens is 1. The quantitative estimate of drug-likeness (QED) is 0.368. The molecule has 0 atom stereocenters. The third-order valence-electron chi connectivity index (χ3n) is 4.64. The van der Waals surface area contributed by atoms with E-state index in [9.17, 15) is 14.7 Å². The predicted octanol–water partition coefficient (Wildman–Crippen LogP) is 6.69. The second-order valence-electron chi connectivity index (χ2n) is 6.56. The Morgan fingerprint density at radius 2 is 1.40 bits per heavy atom. The zero-order valence-electron chi connectivity index (χ0n) is 15.6. The van der Waals surface area contributed by atoms with Gasteiger partial charge in [-0.15, -0.1) is 11.3 Å². The Morgan fingerprint density at radius 3 is 2.03 bits per heavy atom. The molecule has 1 heterocycles. The van der Waals surface area contributed by atoms with Gasteiger partial charge < -0.3 is 10.4 Å². The molecule has 0 unspecified atom stereocenters. The van der Waals surface area contributed by atoms with Crippen molar-refractivity contribution in [3.8, 4) is 22.3 Å². The summed E-state index contributed by atoms with van der Waals surface area (Å²) in [6, 6.07) is 24.0. The number of aromatic carboxylic acids is 1. The number of benzene rings is 3. The average molecular weight is 434 g/mol. The van der Waals surface area contributed by atoms with E-state index in [0.29, 0.717) is 21.2 Å². The highest BCUT2D eigenvalue weighted by Gasteiger charge is 2.21. The highest BCUT2D eigenvalue weighted by Crippen LogP contribution is 2.36. The summed E-state index contributed by atoms with van der Waals surface area (Å²) in [7, 11) is 0. The van der Waals surface area contributed by atoms with Crippen molar-refractivity contribution in [2.45, 2.75) is 0 Å². The number of hydrogen-bond acceptors (Lipinski definition) is 3. The first-order valence-corrected chi connectivity index (χ1v) is 10.4. The summed E-state index contributed by atoms with van der Waals surface area (Å²) in [5, 5.41) is 15.1. The van der Waals surface area contributed by atoms with Crippen LogP contribution in [0.25, 0.3) is 22.3 Å². The van der Waals surface area contributed by atoms with Crippen LogP contribution >= 0.6 is 22.9 Å². The van der Waals surface area contributed by atoms with Gasteiger partial charge in [0.15, 0.2) is 0 Å². The molecule has 1 aromatic heterocycles. The molecule has 0 saturated carbocycles. The Labute approximate surface area is 182 Å². The van der Waals surface area contributed by atoms with Gasteiger partial charge in [-0.1, -0.05) is 66.2 Å². The number of carboxylic acid groups (broad SMARTS) is 1. The van der Waals surface area contributed by atoms with Crippen LogP contribution in [-0.4, -0.2) is 17.0 Å². The van der Waals surface area contributed by atoms with E-state index in [1.807, 2.05) is 42.5 Å². The van der Waals surface area contributed by atoms with Gasteiger partial charge in [0.05, 0.1) is 0 Å². The second kappa shape index (κ2) is 8.53. The number of carbonyl (C=O) groups is 2. The Balaban J connectivity index is 1.59. The summed E-state index contributed by atoms with van der Waals surface area (Å²) in [5.74, 6) is -1.46. The highest BCUT2D eigenvalue weighted by atomic mass is 35.5. The molecule has 0 aliphatic carbocycles. The lowest BCUT2D eigenvalue weighted by atomic mass is 10.0. The van der Waals surface area contributed by atoms with Gasteiger partial charge in [0.1, 0.15) is 10.6 Å². The molecule has 6 heteroatoms. The lowest BCUT2D eigenvalue weighted by Crippen LogP contribution is -2.13. The van der Waals surface area contributed by atoms with Gasteiger partial charge >= 0.3 is 5.97 Å². The van der Waals surface area contributed by atoms with Gasteiger partial charge in [0.2, 0.25) is 0 Å². The number of carboxylic acids is 1. The molecule has 0 radical (unpaired) electrons. The van der Waals surface area contributed by atoms with Crippen molar-refractivity contribution in [1.82, 2.24) is 0 Å². The fourth-order valence-electron chi connectivity index (χ4n) is 3.12. The number of amides is 1. The Hall–Kier alpha value is -3.41. The van der Waals surface area contributed by atoms with Gasteiger partial charge in [0.25, 0.3) is 5.91 Å². The second-order valence-corrected chi connectivity index (χ2v) is 7.88. The molecule has 0 aliphatic rings. The molecule has 0 bridgehead atoms. The van der Waals surface area contributed by atoms with E-state index in [2.05, 4.69) is 5.32 Å². The molecule has 0 aliphatic heterocycles.